The van der Waals surface area contributed by atoms with Gasteiger partial charge in [-0.05, 0) is 49.0 Å². The molecule has 1 aliphatic rings. The third-order valence-corrected chi connectivity index (χ3v) is 7.42. The Morgan fingerprint density at radius 1 is 0.970 bits per heavy atom. The van der Waals surface area contributed by atoms with Crippen molar-refractivity contribution < 1.29 is 31.1 Å². The first-order valence-electron chi connectivity index (χ1n) is 10.4. The van der Waals surface area contributed by atoms with Crippen molar-refractivity contribution in [3.05, 3.63) is 48.7 Å². The molecule has 3 aromatic rings. The molecule has 0 spiro atoms. The zero-order valence-electron chi connectivity index (χ0n) is 18.2. The molecule has 1 aliphatic heterocycles. The number of methoxy groups -OCH3 is 1. The lowest BCUT2D eigenvalue weighted by atomic mass is 10.2. The number of likely N-dealkylation sites (N-methyl/N-ethyl adjacent to an activating group) is 1. The highest BCUT2D eigenvalue weighted by Gasteiger charge is 2.31. The number of fused-ring (bicyclic) bond motifs is 1. The maximum atomic E-state index is 13.4. The van der Waals surface area contributed by atoms with Gasteiger partial charge in [-0.3, -0.25) is 0 Å². The number of alkyl halides is 3. The number of anilines is 1. The standard InChI is InChI=1S/C22H24F3N3O4S/c1-3-26-10-12-27(13-11-26)21-15-28(20-9-6-17(31-2)14-19(20)21)33(29,30)18-7-4-16(5-8-18)32-22(23,24)25/h4-9,14-15H,3,10-13H2,1-2H3. The van der Waals surface area contributed by atoms with Crippen molar-refractivity contribution in [2.24, 2.45) is 0 Å². The van der Waals surface area contributed by atoms with Crippen LogP contribution in [0.25, 0.3) is 10.9 Å². The van der Waals surface area contributed by atoms with E-state index in [-0.39, 0.29) is 4.90 Å². The molecule has 2 aromatic carbocycles. The molecular weight excluding hydrogens is 459 g/mol. The van der Waals surface area contributed by atoms with Crippen LogP contribution in [0.15, 0.2) is 53.6 Å². The van der Waals surface area contributed by atoms with Crippen LogP contribution in [0.1, 0.15) is 6.92 Å². The third-order valence-electron chi connectivity index (χ3n) is 5.73. The second kappa shape index (κ2) is 8.79. The van der Waals surface area contributed by atoms with Crippen LogP contribution in [-0.2, 0) is 10.0 Å². The molecule has 1 fully saturated rings. The minimum atomic E-state index is -4.85. The molecular formula is C22H24F3N3O4S. The van der Waals surface area contributed by atoms with Crippen LogP contribution in [0.4, 0.5) is 18.9 Å². The zero-order chi connectivity index (χ0) is 23.8. The summed E-state index contributed by atoms with van der Waals surface area (Å²) in [4.78, 5) is 4.31. The van der Waals surface area contributed by atoms with Gasteiger partial charge in [-0.25, -0.2) is 12.4 Å². The first-order chi connectivity index (χ1) is 15.6. The molecule has 0 amide bonds. The number of hydrogen-bond acceptors (Lipinski definition) is 6. The molecule has 0 radical (unpaired) electrons. The van der Waals surface area contributed by atoms with E-state index in [0.717, 1.165) is 68.1 Å². The maximum absolute atomic E-state index is 13.4. The van der Waals surface area contributed by atoms with Gasteiger partial charge in [-0.2, -0.15) is 0 Å². The van der Waals surface area contributed by atoms with Gasteiger partial charge < -0.3 is 19.3 Å². The van der Waals surface area contributed by atoms with Crippen molar-refractivity contribution in [1.29, 1.82) is 0 Å². The van der Waals surface area contributed by atoms with Crippen LogP contribution in [0, 0.1) is 0 Å². The molecule has 11 heteroatoms. The topological polar surface area (TPSA) is 64.0 Å². The Kier molecular flexibility index (Phi) is 6.19. The monoisotopic (exact) mass is 483 g/mol. The predicted octanol–water partition coefficient (Wildman–Crippen LogP) is 3.93. The van der Waals surface area contributed by atoms with Gasteiger partial charge in [0.15, 0.2) is 0 Å². The van der Waals surface area contributed by atoms with E-state index in [2.05, 4.69) is 21.5 Å². The van der Waals surface area contributed by atoms with E-state index < -0.39 is 22.1 Å². The van der Waals surface area contributed by atoms with Crippen LogP contribution >= 0.6 is 0 Å². The van der Waals surface area contributed by atoms with Gasteiger partial charge in [-0.15, -0.1) is 13.2 Å². The summed E-state index contributed by atoms with van der Waals surface area (Å²) < 4.78 is 74.5. The fourth-order valence-electron chi connectivity index (χ4n) is 3.97. The molecule has 1 saturated heterocycles. The van der Waals surface area contributed by atoms with Crippen LogP contribution < -0.4 is 14.4 Å². The Balaban J connectivity index is 1.75. The first kappa shape index (κ1) is 23.2. The summed E-state index contributed by atoms with van der Waals surface area (Å²) in [6.45, 7) is 6.26. The van der Waals surface area contributed by atoms with Crippen molar-refractivity contribution in [3.63, 3.8) is 0 Å². The van der Waals surface area contributed by atoms with Crippen molar-refractivity contribution in [3.8, 4) is 11.5 Å². The van der Waals surface area contributed by atoms with E-state index in [1.807, 2.05) is 0 Å². The number of piperazine rings is 1. The molecule has 0 N–H and O–H groups in total. The Hall–Kier alpha value is -2.92. The van der Waals surface area contributed by atoms with Gasteiger partial charge in [0.05, 0.1) is 23.2 Å². The fraction of sp³-hybridized carbons (Fsp3) is 0.364. The highest BCUT2D eigenvalue weighted by atomic mass is 32.2. The number of rotatable bonds is 6. The molecule has 7 nitrogen and oxygen atoms in total. The number of aromatic nitrogens is 1. The van der Waals surface area contributed by atoms with Gasteiger partial charge in [0, 0.05) is 37.8 Å². The molecule has 0 unspecified atom stereocenters. The van der Waals surface area contributed by atoms with Gasteiger partial charge >= 0.3 is 6.36 Å². The largest absolute Gasteiger partial charge is 0.573 e. The summed E-state index contributed by atoms with van der Waals surface area (Å²) in [6, 6.07) is 9.31. The van der Waals surface area contributed by atoms with E-state index in [9.17, 15) is 21.6 Å². The number of benzene rings is 2. The Bertz CT molecular complexity index is 1230. The lowest BCUT2D eigenvalue weighted by molar-refractivity contribution is -0.274. The minimum absolute atomic E-state index is 0.146. The van der Waals surface area contributed by atoms with E-state index >= 15 is 0 Å². The Morgan fingerprint density at radius 3 is 2.18 bits per heavy atom. The molecule has 33 heavy (non-hydrogen) atoms. The summed E-state index contributed by atoms with van der Waals surface area (Å²) in [5.41, 5.74) is 1.22. The van der Waals surface area contributed by atoms with Crippen LogP contribution in [0.3, 0.4) is 0 Å². The number of hydrogen-bond donors (Lipinski definition) is 0. The van der Waals surface area contributed by atoms with Crippen molar-refractivity contribution in [1.82, 2.24) is 8.87 Å². The second-order valence-electron chi connectivity index (χ2n) is 7.64. The molecule has 0 saturated carbocycles. The van der Waals surface area contributed by atoms with Crippen LogP contribution in [0.2, 0.25) is 0 Å². The zero-order valence-corrected chi connectivity index (χ0v) is 19.0. The number of ether oxygens (including phenoxy) is 2. The van der Waals surface area contributed by atoms with Crippen molar-refractivity contribution in [2.75, 3.05) is 44.7 Å². The minimum Gasteiger partial charge on any atom is -0.497 e. The van der Waals surface area contributed by atoms with Gasteiger partial charge in [0.1, 0.15) is 11.5 Å². The van der Waals surface area contributed by atoms with E-state index in [0.29, 0.717) is 11.3 Å². The molecule has 0 atom stereocenters. The van der Waals surface area contributed by atoms with Crippen LogP contribution in [0.5, 0.6) is 11.5 Å². The molecule has 4 rings (SSSR count). The fourth-order valence-corrected chi connectivity index (χ4v) is 5.34. The first-order valence-corrected chi connectivity index (χ1v) is 11.8. The smallest absolute Gasteiger partial charge is 0.497 e. The summed E-state index contributed by atoms with van der Waals surface area (Å²) in [5, 5.41) is 0.722. The van der Waals surface area contributed by atoms with E-state index in [4.69, 9.17) is 4.74 Å². The average molecular weight is 484 g/mol. The highest BCUT2D eigenvalue weighted by Crippen LogP contribution is 2.35. The Labute approximate surface area is 190 Å². The Morgan fingerprint density at radius 2 is 1.61 bits per heavy atom. The van der Waals surface area contributed by atoms with Gasteiger partial charge in [0.2, 0.25) is 0 Å². The molecule has 178 valence electrons. The van der Waals surface area contributed by atoms with E-state index in [1.165, 1.54) is 3.97 Å². The summed E-state index contributed by atoms with van der Waals surface area (Å²) in [6.07, 6.45) is -3.28. The predicted molar refractivity (Wildman–Crippen MR) is 119 cm³/mol. The molecule has 2 heterocycles. The third kappa shape index (κ3) is 4.74. The maximum Gasteiger partial charge on any atom is 0.573 e. The summed E-state index contributed by atoms with van der Waals surface area (Å²) in [7, 11) is -2.54. The van der Waals surface area contributed by atoms with E-state index in [1.54, 1.807) is 31.5 Å². The molecule has 0 bridgehead atoms. The number of halogens is 3. The van der Waals surface area contributed by atoms with Crippen molar-refractivity contribution >= 4 is 26.6 Å². The lowest BCUT2D eigenvalue weighted by Crippen LogP contribution is -2.46. The van der Waals surface area contributed by atoms with Crippen LogP contribution in [-0.4, -0.2) is 63.5 Å². The molecule has 0 aliphatic carbocycles. The normalized spacial score (nSPS) is 15.7. The SMILES string of the molecule is CCN1CCN(c2cn(S(=O)(=O)c3ccc(OC(F)(F)F)cc3)c3ccc(OC)cc23)CC1. The quantitative estimate of drug-likeness (QED) is 0.530. The van der Waals surface area contributed by atoms with Gasteiger partial charge in [0.25, 0.3) is 10.0 Å². The van der Waals surface area contributed by atoms with Crippen molar-refractivity contribution in [2.45, 2.75) is 18.2 Å². The summed E-state index contributed by atoms with van der Waals surface area (Å²) >= 11 is 0. The summed E-state index contributed by atoms with van der Waals surface area (Å²) in [5.74, 6) is 0.109. The highest BCUT2D eigenvalue weighted by molar-refractivity contribution is 7.90. The number of nitrogens with zero attached hydrogens (tertiary/aromatic N) is 3. The lowest BCUT2D eigenvalue weighted by Gasteiger charge is -2.35. The average Bonchev–Trinajstić information content (AvgIpc) is 3.18. The second-order valence-corrected chi connectivity index (χ2v) is 9.45. The molecule has 1 aromatic heterocycles. The van der Waals surface area contributed by atoms with Gasteiger partial charge in [-0.1, -0.05) is 6.92 Å².